The number of amides is 5. The van der Waals surface area contributed by atoms with Crippen LogP contribution in [0, 0.1) is 92.2 Å². The Labute approximate surface area is 756 Å². The molecule has 6 saturated carbocycles. The molecule has 5 amide bonds. The lowest BCUT2D eigenvalue weighted by molar-refractivity contribution is -0.199. The Morgan fingerprint density at radius 1 is 0.488 bits per heavy atom. The van der Waals surface area contributed by atoms with E-state index in [1.165, 1.54) is 33.3 Å². The van der Waals surface area contributed by atoms with Gasteiger partial charge in [0.1, 0.15) is 34.9 Å². The van der Waals surface area contributed by atoms with Crippen LogP contribution < -0.4 is 32.3 Å². The van der Waals surface area contributed by atoms with Gasteiger partial charge in [0.25, 0.3) is 11.8 Å². The molecule has 692 valence electrons. The molecule has 3 aromatic carbocycles. The molecule has 6 aliphatic carbocycles. The molecule has 11 rings (SSSR count). The monoisotopic (exact) mass is 1750 g/mol. The number of carbonyl (C=O) groups is 9. The van der Waals surface area contributed by atoms with Crippen molar-refractivity contribution in [2.45, 2.75) is 305 Å². The lowest BCUT2D eigenvalue weighted by Crippen LogP contribution is -2.65. The zero-order valence-corrected chi connectivity index (χ0v) is 78.2. The number of carboxylic acids is 1. The Morgan fingerprint density at radius 3 is 1.09 bits per heavy atom. The smallest absolute Gasteiger partial charge is 0.461 e. The van der Waals surface area contributed by atoms with Crippen molar-refractivity contribution in [3.63, 3.8) is 0 Å². The van der Waals surface area contributed by atoms with E-state index in [0.29, 0.717) is 126 Å². The summed E-state index contributed by atoms with van der Waals surface area (Å²) < 4.78 is 26.7. The fourth-order valence-electron chi connectivity index (χ4n) is 18.6. The van der Waals surface area contributed by atoms with Gasteiger partial charge in [0, 0.05) is 70.6 Å². The molecular formula is C96H143B4N9O18. The van der Waals surface area contributed by atoms with E-state index in [9.17, 15) is 58.5 Å². The van der Waals surface area contributed by atoms with Crippen molar-refractivity contribution < 1.29 is 87.0 Å². The quantitative estimate of drug-likeness (QED) is 0.0108. The molecular weight excluding hydrogens is 1610 g/mol. The summed E-state index contributed by atoms with van der Waals surface area (Å²) in [4.78, 5) is 110. The van der Waals surface area contributed by atoms with Crippen molar-refractivity contribution >= 4 is 81.3 Å². The summed E-state index contributed by atoms with van der Waals surface area (Å²) in [6, 6.07) is 33.2. The second kappa shape index (κ2) is 52.7. The maximum atomic E-state index is 13.8. The average Bonchev–Trinajstić information content (AvgIpc) is 1.62. The number of nitrogens with zero attached hydrogens (tertiary/aromatic N) is 3. The first-order valence-corrected chi connectivity index (χ1v) is 45.6. The Balaban J connectivity index is 0.000000311. The van der Waals surface area contributed by atoms with Crippen LogP contribution in [0.5, 0.6) is 0 Å². The number of rotatable bonds is 43. The van der Waals surface area contributed by atoms with E-state index < -0.39 is 64.3 Å². The van der Waals surface area contributed by atoms with Gasteiger partial charge in [-0.3, -0.25) is 38.4 Å². The first-order chi connectivity index (χ1) is 59.8. The van der Waals surface area contributed by atoms with E-state index in [4.69, 9.17) is 50.0 Å². The van der Waals surface area contributed by atoms with E-state index >= 15 is 0 Å². The Bertz CT molecular complexity index is 4280. The SMILES string of the molecule is CC(=O)N[C@@H](CCCCN)C(=O)C[C@@H](Cc1ccccc1)B1O[C@@H]2C[C@@H]3C[C@@H](C3(C)C)[C@]2(C)O1.CC(=O)N[C@@H](CCCCNC(=O)C(C#N)=CC(C)C)C(=O)C[C@@H](Cc1ccccc1)B(O)O.CC(=O)N[C@@H](CCCCNC(=O)C(C#N)=CC(C)C)C(=O)C[C@@H](Cc1ccccc1)B1O[C@@H]2C[C@@H]3C[C@@H](C3(C)C)[C@]2(C)O1.CC(C)C=C(C#N)C(=O)O.CC(C)CB(O)O. The van der Waals surface area contributed by atoms with Gasteiger partial charge in [0.05, 0.1) is 41.5 Å². The fourth-order valence-corrected chi connectivity index (χ4v) is 18.6. The van der Waals surface area contributed by atoms with Crippen molar-refractivity contribution in [2.75, 3.05) is 19.6 Å². The Morgan fingerprint density at radius 2 is 0.819 bits per heavy atom. The third-order valence-corrected chi connectivity index (χ3v) is 25.5. The van der Waals surface area contributed by atoms with Crippen molar-refractivity contribution in [1.29, 1.82) is 15.8 Å². The lowest BCUT2D eigenvalue weighted by Gasteiger charge is -2.64. The fraction of sp³-hybridized carbons (Fsp3) is 0.625. The molecule has 27 nitrogen and oxygen atoms in total. The van der Waals surface area contributed by atoms with Crippen molar-refractivity contribution in [3.8, 4) is 18.2 Å². The lowest BCUT2D eigenvalue weighted by atomic mass is 9.43. The number of aliphatic carboxylic acids is 1. The first kappa shape index (κ1) is 109. The highest BCUT2D eigenvalue weighted by atomic mass is 16.7. The van der Waals surface area contributed by atoms with Crippen LogP contribution in [0.15, 0.2) is 126 Å². The Hall–Kier alpha value is -8.92. The number of ketones is 3. The molecule has 2 heterocycles. The standard InChI is InChI=1S/C34H48BN3O5.C27H41BN2O4.C24H34BN3O5.C7H9NO2.C4H11BO2/c1-22(2)16-25(21-36)32(41)37-15-11-10-14-28(38-23(3)39)29(40)20-27(17-24-12-8-7-9-13-24)35-42-31-19-26-18-30(33(26,4)5)34(31,6)43-35;1-18(31)30-22(12-8-9-13-29)23(32)17-21(14-19-10-6-5-7-11-19)28-33-25-16-20-15-24(26(20,2)3)27(25,4)34-28;1-17(2)13-20(16-26)24(31)27-12-8-7-11-22(28-18(3)29)23(30)15-21(25(32)33)14-19-9-5-4-6-10-19;1-5(2)3-6(4-8)7(9)10;1-4(2)3-5(6)7/h7-9,12-13,16,22,26-28,30-31H,10-11,14-15,17-20H2,1-6H3,(H,37,41)(H,38,39);5-7,10-11,20-22,24-25H,8-9,12-17,29H2,1-4H3,(H,30,31);4-6,9-10,13,17,21-22,32-33H,7-8,11-12,14-15H2,1-3H3,(H,27,31)(H,28,29);3,5H,1-2H3,(H,9,10);4,6-7H,3H2,1-2H3/t26-,27+,28-,30-,31+,34-;20-,21+,22-,24-,25+,27-;21-,22+;;/m001../s1. The number of nitrogens with two attached hydrogens (primary N) is 1. The van der Waals surface area contributed by atoms with Gasteiger partial charge in [-0.2, -0.15) is 15.8 Å². The average molecular weight is 1750 g/mol. The summed E-state index contributed by atoms with van der Waals surface area (Å²) in [6.45, 7) is 34.4. The van der Waals surface area contributed by atoms with Gasteiger partial charge >= 0.3 is 34.4 Å². The van der Waals surface area contributed by atoms with E-state index in [1.54, 1.807) is 18.2 Å². The number of carbonyl (C=O) groups excluding carboxylic acids is 8. The third-order valence-electron chi connectivity index (χ3n) is 25.5. The van der Waals surface area contributed by atoms with Crippen molar-refractivity contribution in [3.05, 3.63) is 143 Å². The van der Waals surface area contributed by atoms with Crippen LogP contribution in [0.3, 0.4) is 0 Å². The molecule has 8 aliphatic rings. The highest BCUT2D eigenvalue weighted by Crippen LogP contribution is 2.67. The summed E-state index contributed by atoms with van der Waals surface area (Å²) >= 11 is 0. The van der Waals surface area contributed by atoms with E-state index in [2.05, 4.69) is 92.4 Å². The molecule has 0 spiro atoms. The summed E-state index contributed by atoms with van der Waals surface area (Å²) in [7, 11) is -3.69. The van der Waals surface area contributed by atoms with Gasteiger partial charge in [-0.05, 0) is 204 Å². The number of nitrogens with one attached hydrogen (secondary N) is 5. The molecule has 4 bridgehead atoms. The van der Waals surface area contributed by atoms with Crippen LogP contribution in [0.1, 0.15) is 237 Å². The second-order valence-corrected chi connectivity index (χ2v) is 38.2. The summed E-state index contributed by atoms with van der Waals surface area (Å²) in [5.74, 6) is -1.12. The number of Topliss-reactive ketones (excluding diaryl/α,β-unsaturated/α-hetero) is 3. The predicted molar refractivity (Wildman–Crippen MR) is 493 cm³/mol. The molecule has 0 unspecified atom stereocenters. The highest BCUT2D eigenvalue weighted by Gasteiger charge is 2.70. The van der Waals surface area contributed by atoms with E-state index in [1.807, 2.05) is 134 Å². The molecule has 3 aromatic rings. The van der Waals surface area contributed by atoms with Crippen LogP contribution in [0.25, 0.3) is 0 Å². The zero-order chi connectivity index (χ0) is 94.7. The van der Waals surface area contributed by atoms with Gasteiger partial charge in [0.2, 0.25) is 17.7 Å². The number of unbranched alkanes of at least 4 members (excludes halogenated alkanes) is 3. The van der Waals surface area contributed by atoms with Gasteiger partial charge in [-0.1, -0.05) is 192 Å². The Kier molecular flexibility index (Phi) is 45.0. The molecule has 0 radical (unpaired) electrons. The molecule has 127 heavy (non-hydrogen) atoms. The molecule has 14 atom stereocenters. The number of benzene rings is 3. The van der Waals surface area contributed by atoms with Gasteiger partial charge in [-0.15, -0.1) is 0 Å². The van der Waals surface area contributed by atoms with Gasteiger partial charge in [0.15, 0.2) is 17.3 Å². The maximum Gasteiger partial charge on any atom is 0.461 e. The molecule has 12 N–H and O–H groups in total. The largest absolute Gasteiger partial charge is 0.477 e. The van der Waals surface area contributed by atoms with Gasteiger partial charge < -0.3 is 76.1 Å². The topological polar surface area (TPSA) is 449 Å². The summed E-state index contributed by atoms with van der Waals surface area (Å²) in [6.07, 6.45) is 17.2. The minimum atomic E-state index is -1.66. The van der Waals surface area contributed by atoms with E-state index in [0.717, 1.165) is 48.8 Å². The molecule has 2 saturated heterocycles. The molecule has 0 aromatic heterocycles. The summed E-state index contributed by atoms with van der Waals surface area (Å²) in [5.41, 5.74) is 8.63. The summed E-state index contributed by atoms with van der Waals surface area (Å²) in [5, 5.41) is 84.8. The van der Waals surface area contributed by atoms with Crippen molar-refractivity contribution in [2.24, 2.45) is 63.9 Å². The zero-order valence-electron chi connectivity index (χ0n) is 78.2. The third kappa shape index (κ3) is 34.5. The minimum Gasteiger partial charge on any atom is -0.477 e. The highest BCUT2D eigenvalue weighted by molar-refractivity contribution is 6.48. The van der Waals surface area contributed by atoms with Crippen LogP contribution in [0.4, 0.5) is 0 Å². The first-order valence-electron chi connectivity index (χ1n) is 45.6. The van der Waals surface area contributed by atoms with Crippen LogP contribution >= 0.6 is 0 Å². The number of allylic oxidation sites excluding steroid dienone is 3. The van der Waals surface area contributed by atoms with Crippen LogP contribution in [0.2, 0.25) is 23.8 Å². The second-order valence-electron chi connectivity index (χ2n) is 38.2. The van der Waals surface area contributed by atoms with E-state index in [-0.39, 0.29) is 134 Å². The normalized spacial score (nSPS) is 22.2. The number of nitriles is 3. The predicted octanol–water partition coefficient (Wildman–Crippen LogP) is 12.3. The molecule has 31 heteroatoms. The number of carboxylic acid groups (broad SMARTS) is 1. The van der Waals surface area contributed by atoms with Crippen LogP contribution in [-0.4, -0.2) is 168 Å². The van der Waals surface area contributed by atoms with Crippen molar-refractivity contribution in [1.82, 2.24) is 26.6 Å². The minimum absolute atomic E-state index is 0.0286. The number of hydrogen-bond donors (Lipinski definition) is 11. The number of hydrogen-bond acceptors (Lipinski definition) is 21. The van der Waals surface area contributed by atoms with Gasteiger partial charge in [-0.25, -0.2) is 4.79 Å². The molecule has 8 fully saturated rings. The maximum absolute atomic E-state index is 13.8. The van der Waals surface area contributed by atoms with Crippen LogP contribution in [-0.2, 0) is 81.0 Å². The molecule has 2 aliphatic heterocycles.